The molecule has 1 aromatic heterocycles. The van der Waals surface area contributed by atoms with Gasteiger partial charge in [-0.2, -0.15) is 0 Å². The van der Waals surface area contributed by atoms with Crippen LogP contribution in [0.1, 0.15) is 15.9 Å². The molecule has 0 spiro atoms. The zero-order valence-corrected chi connectivity index (χ0v) is 10.3. The fraction of sp³-hybridized carbons (Fsp3) is 0.308. The number of ether oxygens (including phenoxy) is 1. The number of hydrogen-bond donors (Lipinski definition) is 1. The Morgan fingerprint density at radius 1 is 1.32 bits per heavy atom. The summed E-state index contributed by atoms with van der Waals surface area (Å²) in [6, 6.07) is 1.63. The molecule has 1 saturated heterocycles. The normalized spacial score (nSPS) is 15.7. The minimum atomic E-state index is -1.04. The van der Waals surface area contributed by atoms with E-state index < -0.39 is 5.97 Å². The number of amides is 1. The SMILES string of the molecule is O=C(O)/C=C/c1cncc(C(=O)N2CCOCC2)c1. The third kappa shape index (κ3) is 3.62. The lowest BCUT2D eigenvalue weighted by Crippen LogP contribution is -2.40. The van der Waals surface area contributed by atoms with Crippen LogP contribution in [0.2, 0.25) is 0 Å². The molecule has 0 atom stereocenters. The maximum Gasteiger partial charge on any atom is 0.328 e. The van der Waals surface area contributed by atoms with Crippen LogP contribution in [0, 0.1) is 0 Å². The monoisotopic (exact) mass is 262 g/mol. The van der Waals surface area contributed by atoms with Crippen molar-refractivity contribution in [2.24, 2.45) is 0 Å². The van der Waals surface area contributed by atoms with E-state index in [9.17, 15) is 9.59 Å². The highest BCUT2D eigenvalue weighted by molar-refractivity contribution is 5.94. The molecule has 19 heavy (non-hydrogen) atoms. The third-order valence-corrected chi connectivity index (χ3v) is 2.72. The number of morpholine rings is 1. The first-order valence-corrected chi connectivity index (χ1v) is 5.90. The molecule has 0 unspecified atom stereocenters. The molecule has 0 aromatic carbocycles. The first-order valence-electron chi connectivity index (χ1n) is 5.90. The lowest BCUT2D eigenvalue weighted by molar-refractivity contribution is -0.131. The van der Waals surface area contributed by atoms with E-state index >= 15 is 0 Å². The summed E-state index contributed by atoms with van der Waals surface area (Å²) < 4.78 is 5.19. The lowest BCUT2D eigenvalue weighted by Gasteiger charge is -2.26. The molecule has 0 radical (unpaired) electrons. The second-order valence-electron chi connectivity index (χ2n) is 4.08. The fourth-order valence-corrected chi connectivity index (χ4v) is 1.78. The van der Waals surface area contributed by atoms with Crippen molar-refractivity contribution in [3.63, 3.8) is 0 Å². The van der Waals surface area contributed by atoms with Gasteiger partial charge in [0, 0.05) is 31.6 Å². The number of hydrogen-bond acceptors (Lipinski definition) is 4. The van der Waals surface area contributed by atoms with Gasteiger partial charge in [0.25, 0.3) is 5.91 Å². The van der Waals surface area contributed by atoms with E-state index in [1.807, 2.05) is 0 Å². The smallest absolute Gasteiger partial charge is 0.328 e. The molecule has 1 fully saturated rings. The predicted octanol–water partition coefficient (Wildman–Crippen LogP) is 0.652. The Bertz CT molecular complexity index is 507. The molecule has 0 bridgehead atoms. The van der Waals surface area contributed by atoms with Gasteiger partial charge in [-0.05, 0) is 17.7 Å². The van der Waals surface area contributed by atoms with Gasteiger partial charge in [-0.25, -0.2) is 4.79 Å². The molecule has 0 aliphatic carbocycles. The van der Waals surface area contributed by atoms with Crippen molar-refractivity contribution in [2.75, 3.05) is 26.3 Å². The number of aliphatic carboxylic acids is 1. The van der Waals surface area contributed by atoms with Gasteiger partial charge in [-0.1, -0.05) is 0 Å². The molecular formula is C13H14N2O4. The summed E-state index contributed by atoms with van der Waals surface area (Å²) in [7, 11) is 0. The van der Waals surface area contributed by atoms with Crippen molar-refractivity contribution in [1.82, 2.24) is 9.88 Å². The first kappa shape index (κ1) is 13.2. The maximum atomic E-state index is 12.2. The number of carbonyl (C=O) groups excluding carboxylic acids is 1. The van der Waals surface area contributed by atoms with Gasteiger partial charge >= 0.3 is 5.97 Å². The van der Waals surface area contributed by atoms with Crippen LogP contribution in [0.5, 0.6) is 0 Å². The zero-order chi connectivity index (χ0) is 13.7. The van der Waals surface area contributed by atoms with Crippen molar-refractivity contribution < 1.29 is 19.4 Å². The van der Waals surface area contributed by atoms with Crippen LogP contribution >= 0.6 is 0 Å². The van der Waals surface area contributed by atoms with Crippen molar-refractivity contribution in [1.29, 1.82) is 0 Å². The molecule has 1 aliphatic heterocycles. The summed E-state index contributed by atoms with van der Waals surface area (Å²) in [5.74, 6) is -1.15. The highest BCUT2D eigenvalue weighted by atomic mass is 16.5. The van der Waals surface area contributed by atoms with Gasteiger partial charge in [-0.3, -0.25) is 9.78 Å². The topological polar surface area (TPSA) is 79.7 Å². The number of rotatable bonds is 3. The molecule has 1 aromatic rings. The molecule has 1 N–H and O–H groups in total. The van der Waals surface area contributed by atoms with Gasteiger partial charge in [0.05, 0.1) is 18.8 Å². The summed E-state index contributed by atoms with van der Waals surface area (Å²) in [6.07, 6.45) is 5.41. The van der Waals surface area contributed by atoms with E-state index in [0.717, 1.165) is 6.08 Å². The number of carboxylic acids is 1. The molecule has 0 saturated carbocycles. The maximum absolute atomic E-state index is 12.2. The summed E-state index contributed by atoms with van der Waals surface area (Å²) >= 11 is 0. The number of carbonyl (C=O) groups is 2. The summed E-state index contributed by atoms with van der Waals surface area (Å²) in [6.45, 7) is 2.21. The van der Waals surface area contributed by atoms with Gasteiger partial charge in [0.15, 0.2) is 0 Å². The molecule has 6 nitrogen and oxygen atoms in total. The second-order valence-corrected chi connectivity index (χ2v) is 4.08. The van der Waals surface area contributed by atoms with E-state index in [1.54, 1.807) is 11.0 Å². The van der Waals surface area contributed by atoms with E-state index in [0.29, 0.717) is 37.4 Å². The lowest BCUT2D eigenvalue weighted by atomic mass is 10.1. The van der Waals surface area contributed by atoms with Crippen molar-refractivity contribution in [3.8, 4) is 0 Å². The quantitative estimate of drug-likeness (QED) is 0.809. The highest BCUT2D eigenvalue weighted by Gasteiger charge is 2.18. The van der Waals surface area contributed by atoms with E-state index in [2.05, 4.69) is 4.98 Å². The molecular weight excluding hydrogens is 248 g/mol. The summed E-state index contributed by atoms with van der Waals surface area (Å²) in [4.78, 5) is 28.3. The molecule has 6 heteroatoms. The Hall–Kier alpha value is -2.21. The Morgan fingerprint density at radius 2 is 2.05 bits per heavy atom. The van der Waals surface area contributed by atoms with E-state index in [4.69, 9.17) is 9.84 Å². The molecule has 2 rings (SSSR count). The Labute approximate surface area is 110 Å². The standard InChI is InChI=1S/C13H14N2O4/c16-12(17)2-1-10-7-11(9-14-8-10)13(18)15-3-5-19-6-4-15/h1-2,7-9H,3-6H2,(H,16,17)/b2-1+. The second kappa shape index (κ2) is 6.10. The molecule has 1 amide bonds. The van der Waals surface area contributed by atoms with Crippen LogP contribution in [0.4, 0.5) is 0 Å². The Balaban J connectivity index is 2.13. The number of nitrogens with zero attached hydrogens (tertiary/aromatic N) is 2. The van der Waals surface area contributed by atoms with Crippen molar-refractivity contribution in [2.45, 2.75) is 0 Å². The minimum absolute atomic E-state index is 0.110. The Kier molecular flexibility index (Phi) is 4.25. The zero-order valence-electron chi connectivity index (χ0n) is 10.3. The molecule has 1 aliphatic rings. The van der Waals surface area contributed by atoms with Crippen LogP contribution in [0.15, 0.2) is 24.5 Å². The van der Waals surface area contributed by atoms with Crippen LogP contribution in [0.3, 0.4) is 0 Å². The predicted molar refractivity (Wildman–Crippen MR) is 67.6 cm³/mol. The van der Waals surface area contributed by atoms with Gasteiger partial charge in [0.2, 0.25) is 0 Å². The number of carboxylic acid groups (broad SMARTS) is 1. The summed E-state index contributed by atoms with van der Waals surface area (Å²) in [5.41, 5.74) is 1.04. The number of pyridine rings is 1. The van der Waals surface area contributed by atoms with Crippen LogP contribution < -0.4 is 0 Å². The van der Waals surface area contributed by atoms with Gasteiger partial charge in [0.1, 0.15) is 0 Å². The van der Waals surface area contributed by atoms with Gasteiger partial charge in [-0.15, -0.1) is 0 Å². The molecule has 2 heterocycles. The highest BCUT2D eigenvalue weighted by Crippen LogP contribution is 2.09. The summed E-state index contributed by atoms with van der Waals surface area (Å²) in [5, 5.41) is 8.56. The van der Waals surface area contributed by atoms with Crippen molar-refractivity contribution in [3.05, 3.63) is 35.7 Å². The third-order valence-electron chi connectivity index (χ3n) is 2.72. The van der Waals surface area contributed by atoms with E-state index in [-0.39, 0.29) is 5.91 Å². The average Bonchev–Trinajstić information content (AvgIpc) is 2.45. The van der Waals surface area contributed by atoms with E-state index in [1.165, 1.54) is 18.5 Å². The van der Waals surface area contributed by atoms with Crippen molar-refractivity contribution >= 4 is 18.0 Å². The van der Waals surface area contributed by atoms with Crippen LogP contribution in [0.25, 0.3) is 6.08 Å². The number of aromatic nitrogens is 1. The molecule has 100 valence electrons. The van der Waals surface area contributed by atoms with Crippen LogP contribution in [-0.2, 0) is 9.53 Å². The Morgan fingerprint density at radius 3 is 2.74 bits per heavy atom. The van der Waals surface area contributed by atoms with Crippen LogP contribution in [-0.4, -0.2) is 53.2 Å². The fourth-order valence-electron chi connectivity index (χ4n) is 1.78. The largest absolute Gasteiger partial charge is 0.478 e. The first-order chi connectivity index (χ1) is 9.16. The minimum Gasteiger partial charge on any atom is -0.478 e. The average molecular weight is 262 g/mol. The van der Waals surface area contributed by atoms with Gasteiger partial charge < -0.3 is 14.7 Å².